The van der Waals surface area contributed by atoms with Gasteiger partial charge in [-0.15, -0.1) is 0 Å². The maximum atomic E-state index is 5.72. The molecule has 1 aromatic carbocycles. The number of benzene rings is 1. The molecule has 0 radical (unpaired) electrons. The zero-order chi connectivity index (χ0) is 12.3. The fraction of sp³-hybridized carbons (Fsp3) is 0.571. The van der Waals surface area contributed by atoms with E-state index < -0.39 is 0 Å². The summed E-state index contributed by atoms with van der Waals surface area (Å²) in [5.74, 6) is 1.69. The van der Waals surface area contributed by atoms with Crippen LogP contribution in [0.2, 0.25) is 0 Å². The summed E-state index contributed by atoms with van der Waals surface area (Å²) in [5.41, 5.74) is 0. The lowest BCUT2D eigenvalue weighted by Crippen LogP contribution is -2.16. The van der Waals surface area contributed by atoms with Gasteiger partial charge in [0.25, 0.3) is 0 Å². The van der Waals surface area contributed by atoms with E-state index in [1.807, 2.05) is 24.3 Å². The lowest BCUT2D eigenvalue weighted by Gasteiger charge is -2.12. The highest BCUT2D eigenvalue weighted by atomic mass is 16.5. The van der Waals surface area contributed by atoms with Gasteiger partial charge in [-0.2, -0.15) is 0 Å². The highest BCUT2D eigenvalue weighted by Crippen LogP contribution is 2.26. The van der Waals surface area contributed by atoms with E-state index in [9.17, 15) is 0 Å². The molecule has 1 N–H and O–H groups in total. The maximum Gasteiger partial charge on any atom is 0.161 e. The van der Waals surface area contributed by atoms with Crippen LogP contribution in [0.3, 0.4) is 0 Å². The lowest BCUT2D eigenvalue weighted by molar-refractivity contribution is 0.265. The average molecular weight is 237 g/mol. The van der Waals surface area contributed by atoms with Crippen molar-refractivity contribution >= 4 is 0 Å². The summed E-state index contributed by atoms with van der Waals surface area (Å²) in [6, 6.07) is 7.85. The molecule has 0 saturated carbocycles. The molecule has 17 heavy (non-hydrogen) atoms. The molecule has 0 saturated heterocycles. The molecule has 0 atom stereocenters. The summed E-state index contributed by atoms with van der Waals surface area (Å²) in [4.78, 5) is 0. The van der Waals surface area contributed by atoms with Gasteiger partial charge in [-0.1, -0.05) is 26.0 Å². The van der Waals surface area contributed by atoms with Crippen LogP contribution in [0, 0.1) is 0 Å². The third-order valence-corrected chi connectivity index (χ3v) is 2.32. The number of nitrogens with one attached hydrogen (secondary N) is 1. The Balaban J connectivity index is 2.35. The van der Waals surface area contributed by atoms with Crippen molar-refractivity contribution in [2.75, 3.05) is 26.3 Å². The van der Waals surface area contributed by atoms with Gasteiger partial charge >= 0.3 is 0 Å². The van der Waals surface area contributed by atoms with E-state index in [-0.39, 0.29) is 0 Å². The van der Waals surface area contributed by atoms with Crippen LogP contribution in [0.1, 0.15) is 26.7 Å². The standard InChI is InChI=1S/C14H23NO2/c1-3-11-16-13-8-5-6-9-14(13)17-12-7-10-15-4-2/h5-6,8-9,15H,3-4,7,10-12H2,1-2H3. The molecule has 0 aliphatic heterocycles. The average Bonchev–Trinajstić information content (AvgIpc) is 2.37. The minimum absolute atomic E-state index is 0.722. The van der Waals surface area contributed by atoms with Gasteiger partial charge in [-0.05, 0) is 38.1 Å². The summed E-state index contributed by atoms with van der Waals surface area (Å²) >= 11 is 0. The monoisotopic (exact) mass is 237 g/mol. The molecule has 1 aromatic rings. The largest absolute Gasteiger partial charge is 0.490 e. The van der Waals surface area contributed by atoms with Gasteiger partial charge in [0.1, 0.15) is 0 Å². The van der Waals surface area contributed by atoms with Crippen LogP contribution in [0.4, 0.5) is 0 Å². The van der Waals surface area contributed by atoms with Gasteiger partial charge in [0.15, 0.2) is 11.5 Å². The van der Waals surface area contributed by atoms with E-state index in [1.54, 1.807) is 0 Å². The summed E-state index contributed by atoms with van der Waals surface area (Å²) in [6.07, 6.45) is 2.02. The van der Waals surface area contributed by atoms with Crippen molar-refractivity contribution < 1.29 is 9.47 Å². The SMILES string of the molecule is CCCOc1ccccc1OCCCNCC. The third-order valence-electron chi connectivity index (χ3n) is 2.32. The third kappa shape index (κ3) is 5.59. The second kappa shape index (κ2) is 8.88. The molecular weight excluding hydrogens is 214 g/mol. The van der Waals surface area contributed by atoms with Crippen LogP contribution in [0.5, 0.6) is 11.5 Å². The van der Waals surface area contributed by atoms with Crippen LogP contribution in [0.15, 0.2) is 24.3 Å². The molecule has 96 valence electrons. The molecule has 0 aromatic heterocycles. The number of hydrogen-bond donors (Lipinski definition) is 1. The summed E-state index contributed by atoms with van der Waals surface area (Å²) < 4.78 is 11.3. The van der Waals surface area contributed by atoms with Crippen molar-refractivity contribution in [2.45, 2.75) is 26.7 Å². The smallest absolute Gasteiger partial charge is 0.161 e. The zero-order valence-corrected chi connectivity index (χ0v) is 10.9. The predicted octanol–water partition coefficient (Wildman–Crippen LogP) is 2.85. The normalized spacial score (nSPS) is 10.2. The van der Waals surface area contributed by atoms with E-state index in [4.69, 9.17) is 9.47 Å². The van der Waals surface area contributed by atoms with Crippen LogP contribution in [-0.4, -0.2) is 26.3 Å². The highest BCUT2D eigenvalue weighted by Gasteiger charge is 2.02. The second-order valence-corrected chi connectivity index (χ2v) is 3.85. The molecule has 0 unspecified atom stereocenters. The van der Waals surface area contributed by atoms with Crippen molar-refractivity contribution in [1.82, 2.24) is 5.32 Å². The number of ether oxygens (including phenoxy) is 2. The Morgan fingerprint density at radius 3 is 2.24 bits per heavy atom. The Bertz CT molecular complexity index is 302. The first kappa shape index (κ1) is 13.8. The highest BCUT2D eigenvalue weighted by molar-refractivity contribution is 5.39. The van der Waals surface area contributed by atoms with E-state index >= 15 is 0 Å². The Kier molecular flexibility index (Phi) is 7.23. The zero-order valence-electron chi connectivity index (χ0n) is 10.9. The molecule has 0 amide bonds. The predicted molar refractivity (Wildman–Crippen MR) is 70.9 cm³/mol. The van der Waals surface area contributed by atoms with E-state index in [1.165, 1.54) is 0 Å². The fourth-order valence-electron chi connectivity index (χ4n) is 1.46. The van der Waals surface area contributed by atoms with Crippen molar-refractivity contribution in [3.63, 3.8) is 0 Å². The molecule has 0 aliphatic rings. The molecule has 1 rings (SSSR count). The maximum absolute atomic E-state index is 5.72. The molecule has 0 heterocycles. The molecule has 0 aliphatic carbocycles. The Labute approximate surface area is 104 Å². The minimum Gasteiger partial charge on any atom is -0.490 e. The molecule has 0 bridgehead atoms. The lowest BCUT2D eigenvalue weighted by atomic mass is 10.3. The second-order valence-electron chi connectivity index (χ2n) is 3.85. The van der Waals surface area contributed by atoms with E-state index in [0.717, 1.165) is 50.6 Å². The molecule has 0 spiro atoms. The molecule has 0 fully saturated rings. The van der Waals surface area contributed by atoms with Crippen molar-refractivity contribution in [1.29, 1.82) is 0 Å². The van der Waals surface area contributed by atoms with Gasteiger partial charge in [0, 0.05) is 0 Å². The van der Waals surface area contributed by atoms with Crippen LogP contribution in [0.25, 0.3) is 0 Å². The minimum atomic E-state index is 0.722. The van der Waals surface area contributed by atoms with Crippen molar-refractivity contribution in [3.8, 4) is 11.5 Å². The van der Waals surface area contributed by atoms with Gasteiger partial charge in [0.2, 0.25) is 0 Å². The van der Waals surface area contributed by atoms with Crippen LogP contribution >= 0.6 is 0 Å². The first-order valence-electron chi connectivity index (χ1n) is 6.43. The summed E-state index contributed by atoms with van der Waals surface area (Å²) in [5, 5.41) is 3.27. The van der Waals surface area contributed by atoms with Crippen LogP contribution < -0.4 is 14.8 Å². The van der Waals surface area contributed by atoms with Crippen molar-refractivity contribution in [2.24, 2.45) is 0 Å². The topological polar surface area (TPSA) is 30.5 Å². The molecule has 3 heteroatoms. The first-order chi connectivity index (χ1) is 8.38. The quantitative estimate of drug-likeness (QED) is 0.670. The van der Waals surface area contributed by atoms with Gasteiger partial charge in [-0.25, -0.2) is 0 Å². The fourth-order valence-corrected chi connectivity index (χ4v) is 1.46. The van der Waals surface area contributed by atoms with Crippen molar-refractivity contribution in [3.05, 3.63) is 24.3 Å². The van der Waals surface area contributed by atoms with E-state index in [2.05, 4.69) is 19.2 Å². The molecule has 3 nitrogen and oxygen atoms in total. The Morgan fingerprint density at radius 1 is 1.00 bits per heavy atom. The van der Waals surface area contributed by atoms with Gasteiger partial charge in [-0.3, -0.25) is 0 Å². The Hall–Kier alpha value is -1.22. The number of rotatable bonds is 9. The van der Waals surface area contributed by atoms with Crippen LogP contribution in [-0.2, 0) is 0 Å². The number of para-hydroxylation sites is 2. The Morgan fingerprint density at radius 2 is 1.65 bits per heavy atom. The van der Waals surface area contributed by atoms with Gasteiger partial charge < -0.3 is 14.8 Å². The van der Waals surface area contributed by atoms with E-state index in [0.29, 0.717) is 0 Å². The summed E-state index contributed by atoms with van der Waals surface area (Å²) in [7, 11) is 0. The summed E-state index contributed by atoms with van der Waals surface area (Å²) in [6.45, 7) is 7.66. The first-order valence-corrected chi connectivity index (χ1v) is 6.43. The van der Waals surface area contributed by atoms with Gasteiger partial charge in [0.05, 0.1) is 13.2 Å². The number of hydrogen-bond acceptors (Lipinski definition) is 3. The molecular formula is C14H23NO2.